The highest BCUT2D eigenvalue weighted by Gasteiger charge is 2.14. The monoisotopic (exact) mass is 264 g/mol. The Morgan fingerprint density at radius 2 is 2.22 bits per heavy atom. The van der Waals surface area contributed by atoms with Crippen LogP contribution in [0.2, 0.25) is 0 Å². The molecular formula is C12H16N4OS. The van der Waals surface area contributed by atoms with Gasteiger partial charge < -0.3 is 11.1 Å². The minimum atomic E-state index is -0.195. The molecule has 96 valence electrons. The standard InChI is InChI=1S/C12H16N4OS/c1-3-8-4-5-9(18-8)6-14-12(17)11-10(13)7-15-16(11)2/h4-5,7H,3,6,13H2,1-2H3,(H,14,17). The molecule has 0 aliphatic heterocycles. The van der Waals surface area contributed by atoms with Crippen molar-refractivity contribution >= 4 is 22.9 Å². The van der Waals surface area contributed by atoms with Gasteiger partial charge >= 0.3 is 0 Å². The summed E-state index contributed by atoms with van der Waals surface area (Å²) >= 11 is 1.71. The lowest BCUT2D eigenvalue weighted by Gasteiger charge is -2.04. The number of carbonyl (C=O) groups is 1. The second-order valence-corrected chi connectivity index (χ2v) is 5.23. The number of amides is 1. The number of aryl methyl sites for hydroxylation is 2. The van der Waals surface area contributed by atoms with Gasteiger partial charge in [-0.2, -0.15) is 5.10 Å². The predicted octanol–water partition coefficient (Wildman–Crippen LogP) is 1.56. The molecule has 2 heterocycles. The minimum absolute atomic E-state index is 0.195. The predicted molar refractivity (Wildman–Crippen MR) is 72.5 cm³/mol. The fraction of sp³-hybridized carbons (Fsp3) is 0.333. The quantitative estimate of drug-likeness (QED) is 0.880. The number of thiophene rings is 1. The van der Waals surface area contributed by atoms with E-state index in [9.17, 15) is 4.79 Å². The van der Waals surface area contributed by atoms with Gasteiger partial charge in [-0.25, -0.2) is 0 Å². The Hall–Kier alpha value is -1.82. The first-order valence-corrected chi connectivity index (χ1v) is 6.56. The maximum atomic E-state index is 11.9. The van der Waals surface area contributed by atoms with E-state index in [0.717, 1.165) is 11.3 Å². The van der Waals surface area contributed by atoms with Gasteiger partial charge in [0.25, 0.3) is 5.91 Å². The smallest absolute Gasteiger partial charge is 0.271 e. The molecule has 5 nitrogen and oxygen atoms in total. The van der Waals surface area contributed by atoms with E-state index in [0.29, 0.717) is 17.9 Å². The van der Waals surface area contributed by atoms with E-state index in [1.807, 2.05) is 6.07 Å². The lowest BCUT2D eigenvalue weighted by atomic mass is 10.3. The van der Waals surface area contributed by atoms with Crippen molar-refractivity contribution in [2.45, 2.75) is 19.9 Å². The fourth-order valence-corrected chi connectivity index (χ4v) is 2.59. The molecule has 0 aromatic carbocycles. The van der Waals surface area contributed by atoms with Crippen LogP contribution in [0.15, 0.2) is 18.3 Å². The van der Waals surface area contributed by atoms with Crippen molar-refractivity contribution in [3.05, 3.63) is 33.8 Å². The summed E-state index contributed by atoms with van der Waals surface area (Å²) in [6, 6.07) is 4.13. The number of nitrogens with one attached hydrogen (secondary N) is 1. The maximum Gasteiger partial charge on any atom is 0.271 e. The molecule has 3 N–H and O–H groups in total. The molecule has 0 aliphatic rings. The van der Waals surface area contributed by atoms with Gasteiger partial charge in [0.05, 0.1) is 18.4 Å². The Morgan fingerprint density at radius 3 is 2.78 bits per heavy atom. The highest BCUT2D eigenvalue weighted by atomic mass is 32.1. The molecule has 0 atom stereocenters. The third-order valence-corrected chi connectivity index (χ3v) is 3.90. The summed E-state index contributed by atoms with van der Waals surface area (Å²) in [6.45, 7) is 2.64. The summed E-state index contributed by atoms with van der Waals surface area (Å²) in [5.74, 6) is -0.195. The molecule has 6 heteroatoms. The van der Waals surface area contributed by atoms with Gasteiger partial charge in [0.2, 0.25) is 0 Å². The molecule has 0 aliphatic carbocycles. The van der Waals surface area contributed by atoms with E-state index in [-0.39, 0.29) is 5.91 Å². The third-order valence-electron chi connectivity index (χ3n) is 2.67. The zero-order valence-electron chi connectivity index (χ0n) is 10.4. The number of nitrogens with two attached hydrogens (primary N) is 1. The SMILES string of the molecule is CCc1ccc(CNC(=O)c2c(N)cnn2C)s1. The molecule has 0 radical (unpaired) electrons. The van der Waals surface area contributed by atoms with Gasteiger partial charge in [-0.3, -0.25) is 9.48 Å². The van der Waals surface area contributed by atoms with Gasteiger partial charge in [0.15, 0.2) is 0 Å². The van der Waals surface area contributed by atoms with Crippen LogP contribution in [0.3, 0.4) is 0 Å². The summed E-state index contributed by atoms with van der Waals surface area (Å²) in [6.07, 6.45) is 2.50. The Kier molecular flexibility index (Phi) is 3.66. The van der Waals surface area contributed by atoms with Crippen LogP contribution in [0.1, 0.15) is 27.2 Å². The molecule has 0 spiro atoms. The number of anilines is 1. The largest absolute Gasteiger partial charge is 0.396 e. The maximum absolute atomic E-state index is 11.9. The van der Waals surface area contributed by atoms with Crippen molar-refractivity contribution in [2.24, 2.45) is 7.05 Å². The van der Waals surface area contributed by atoms with Crippen molar-refractivity contribution < 1.29 is 4.79 Å². The normalized spacial score (nSPS) is 10.6. The highest BCUT2D eigenvalue weighted by Crippen LogP contribution is 2.17. The average Bonchev–Trinajstić information content (AvgIpc) is 2.93. The summed E-state index contributed by atoms with van der Waals surface area (Å²) < 4.78 is 1.48. The first-order chi connectivity index (χ1) is 8.61. The number of rotatable bonds is 4. The molecule has 2 aromatic rings. The van der Waals surface area contributed by atoms with Crippen LogP contribution in [-0.4, -0.2) is 15.7 Å². The molecule has 0 saturated carbocycles. The number of aromatic nitrogens is 2. The third kappa shape index (κ3) is 2.53. The lowest BCUT2D eigenvalue weighted by Crippen LogP contribution is -2.25. The van der Waals surface area contributed by atoms with Crippen LogP contribution in [0.5, 0.6) is 0 Å². The van der Waals surface area contributed by atoms with E-state index in [2.05, 4.69) is 23.4 Å². The van der Waals surface area contributed by atoms with E-state index in [1.165, 1.54) is 15.8 Å². The minimum Gasteiger partial charge on any atom is -0.396 e. The lowest BCUT2D eigenvalue weighted by molar-refractivity contribution is 0.0943. The van der Waals surface area contributed by atoms with Gasteiger partial charge in [-0.1, -0.05) is 6.92 Å². The first kappa shape index (κ1) is 12.6. The van der Waals surface area contributed by atoms with Crippen LogP contribution in [0.4, 0.5) is 5.69 Å². The Balaban J connectivity index is 2.00. The van der Waals surface area contributed by atoms with Crippen LogP contribution in [-0.2, 0) is 20.0 Å². The zero-order valence-corrected chi connectivity index (χ0v) is 11.3. The molecule has 0 unspecified atom stereocenters. The fourth-order valence-electron chi connectivity index (χ4n) is 1.69. The van der Waals surface area contributed by atoms with E-state index in [1.54, 1.807) is 18.4 Å². The van der Waals surface area contributed by atoms with Crippen molar-refractivity contribution in [3.8, 4) is 0 Å². The summed E-state index contributed by atoms with van der Waals surface area (Å²) in [4.78, 5) is 14.4. The summed E-state index contributed by atoms with van der Waals surface area (Å²) in [5, 5.41) is 6.79. The van der Waals surface area contributed by atoms with Crippen molar-refractivity contribution in [3.63, 3.8) is 0 Å². The average molecular weight is 264 g/mol. The van der Waals surface area contributed by atoms with Crippen molar-refractivity contribution in [1.29, 1.82) is 0 Å². The molecule has 2 rings (SSSR count). The van der Waals surface area contributed by atoms with Gasteiger partial charge in [-0.05, 0) is 18.6 Å². The molecule has 1 amide bonds. The molecular weight excluding hydrogens is 248 g/mol. The Bertz CT molecular complexity index is 539. The number of hydrogen-bond donors (Lipinski definition) is 2. The van der Waals surface area contributed by atoms with Crippen molar-refractivity contribution in [1.82, 2.24) is 15.1 Å². The second kappa shape index (κ2) is 5.22. The Labute approximate surface area is 110 Å². The summed E-state index contributed by atoms with van der Waals surface area (Å²) in [5.41, 5.74) is 6.50. The number of carbonyl (C=O) groups excluding carboxylic acids is 1. The van der Waals surface area contributed by atoms with Gasteiger partial charge in [0, 0.05) is 16.8 Å². The molecule has 0 bridgehead atoms. The van der Waals surface area contributed by atoms with E-state index in [4.69, 9.17) is 5.73 Å². The van der Waals surface area contributed by atoms with Crippen molar-refractivity contribution in [2.75, 3.05) is 5.73 Å². The van der Waals surface area contributed by atoms with E-state index < -0.39 is 0 Å². The Morgan fingerprint density at radius 1 is 1.50 bits per heavy atom. The molecule has 0 saturated heterocycles. The molecule has 2 aromatic heterocycles. The van der Waals surface area contributed by atoms with Crippen LogP contribution < -0.4 is 11.1 Å². The van der Waals surface area contributed by atoms with Crippen LogP contribution >= 0.6 is 11.3 Å². The topological polar surface area (TPSA) is 72.9 Å². The van der Waals surface area contributed by atoms with Gasteiger partial charge in [-0.15, -0.1) is 11.3 Å². The van der Waals surface area contributed by atoms with Gasteiger partial charge in [0.1, 0.15) is 5.69 Å². The second-order valence-electron chi connectivity index (χ2n) is 3.98. The highest BCUT2D eigenvalue weighted by molar-refractivity contribution is 7.11. The first-order valence-electron chi connectivity index (χ1n) is 5.75. The number of hydrogen-bond acceptors (Lipinski definition) is 4. The van der Waals surface area contributed by atoms with Crippen LogP contribution in [0.25, 0.3) is 0 Å². The summed E-state index contributed by atoms with van der Waals surface area (Å²) in [7, 11) is 1.70. The molecule has 0 fully saturated rings. The number of nitrogen functional groups attached to an aromatic ring is 1. The zero-order chi connectivity index (χ0) is 13.1. The van der Waals surface area contributed by atoms with Crippen LogP contribution in [0, 0.1) is 0 Å². The van der Waals surface area contributed by atoms with E-state index >= 15 is 0 Å². The molecule has 18 heavy (non-hydrogen) atoms. The number of nitrogens with zero attached hydrogens (tertiary/aromatic N) is 2.